The van der Waals surface area contributed by atoms with Gasteiger partial charge in [0.1, 0.15) is 17.5 Å². The molecular weight excluding hydrogens is 533 g/mol. The van der Waals surface area contributed by atoms with E-state index < -0.39 is 17.3 Å². The fourth-order valence-corrected chi connectivity index (χ4v) is 6.53. The zero-order valence-corrected chi connectivity index (χ0v) is 21.8. The van der Waals surface area contributed by atoms with Gasteiger partial charge in [-0.25, -0.2) is 13.6 Å². The Labute approximate surface area is 219 Å². The van der Waals surface area contributed by atoms with Crippen molar-refractivity contribution in [2.45, 2.75) is 24.5 Å². The summed E-state index contributed by atoms with van der Waals surface area (Å²) in [6, 6.07) is 3.60. The van der Waals surface area contributed by atoms with Gasteiger partial charge in [-0.3, -0.25) is 9.36 Å². The molecule has 1 saturated heterocycles. The van der Waals surface area contributed by atoms with E-state index in [4.69, 9.17) is 27.9 Å². The van der Waals surface area contributed by atoms with Crippen LogP contribution < -0.4 is 10.6 Å². The predicted molar refractivity (Wildman–Crippen MR) is 137 cm³/mol. The smallest absolute Gasteiger partial charge is 0.350 e. The number of ether oxygens (including phenoxy) is 1. The van der Waals surface area contributed by atoms with Crippen LogP contribution in [0.5, 0.6) is 0 Å². The number of amides is 1. The van der Waals surface area contributed by atoms with Gasteiger partial charge in [0, 0.05) is 73.4 Å². The largest absolute Gasteiger partial charge is 0.379 e. The van der Waals surface area contributed by atoms with E-state index in [1.54, 1.807) is 18.1 Å². The molecule has 1 aromatic heterocycles. The van der Waals surface area contributed by atoms with E-state index in [2.05, 4.69) is 4.98 Å². The van der Waals surface area contributed by atoms with Crippen LogP contribution in [0.1, 0.15) is 6.92 Å². The quantitative estimate of drug-likeness (QED) is 0.446. The molecule has 2 aliphatic rings. The van der Waals surface area contributed by atoms with Gasteiger partial charge in [0.25, 0.3) is 0 Å². The van der Waals surface area contributed by atoms with Crippen LogP contribution >= 0.6 is 35.0 Å². The number of aromatic nitrogens is 2. The first kappa shape index (κ1) is 25.3. The molecule has 2 aromatic carbocycles. The second kappa shape index (κ2) is 9.81. The zero-order valence-electron chi connectivity index (χ0n) is 19.5. The van der Waals surface area contributed by atoms with Crippen LogP contribution in [-0.2, 0) is 16.1 Å². The van der Waals surface area contributed by atoms with Crippen molar-refractivity contribution in [3.05, 3.63) is 50.4 Å². The van der Waals surface area contributed by atoms with Crippen molar-refractivity contribution in [2.24, 2.45) is 0 Å². The molecule has 0 unspecified atom stereocenters. The third-order valence-electron chi connectivity index (χ3n) is 6.59. The molecule has 0 bridgehead atoms. The van der Waals surface area contributed by atoms with Crippen LogP contribution in [0.2, 0.25) is 10.0 Å². The van der Waals surface area contributed by atoms with Crippen molar-refractivity contribution >= 4 is 57.6 Å². The van der Waals surface area contributed by atoms with Crippen LogP contribution in [0.25, 0.3) is 22.0 Å². The third kappa shape index (κ3) is 4.34. The normalized spacial score (nSPS) is 18.0. The van der Waals surface area contributed by atoms with Gasteiger partial charge in [0.15, 0.2) is 0 Å². The Kier molecular flexibility index (Phi) is 6.88. The van der Waals surface area contributed by atoms with E-state index >= 15 is 4.39 Å². The summed E-state index contributed by atoms with van der Waals surface area (Å²) in [5.41, 5.74) is 0.460. The zero-order chi connectivity index (χ0) is 25.7. The summed E-state index contributed by atoms with van der Waals surface area (Å²) in [6.45, 7) is 3.77. The van der Waals surface area contributed by atoms with E-state index in [0.29, 0.717) is 59.1 Å². The van der Waals surface area contributed by atoms with Gasteiger partial charge in [-0.1, -0.05) is 23.2 Å². The van der Waals surface area contributed by atoms with Crippen molar-refractivity contribution in [1.29, 1.82) is 0 Å². The lowest BCUT2D eigenvalue weighted by Crippen LogP contribution is -2.49. The number of rotatable bonds is 3. The number of carbonyl (C=O) groups is 1. The van der Waals surface area contributed by atoms with Gasteiger partial charge in [-0.05, 0) is 12.1 Å². The van der Waals surface area contributed by atoms with E-state index in [1.807, 2.05) is 4.90 Å². The molecule has 190 valence electrons. The number of hydrogen-bond acceptors (Lipinski definition) is 6. The first-order valence-corrected chi connectivity index (χ1v) is 13.0. The van der Waals surface area contributed by atoms with Gasteiger partial charge in [0.2, 0.25) is 5.91 Å². The second-order valence-corrected chi connectivity index (χ2v) is 10.5. The SMILES string of the molecule is CO[C@@H]1CSc2c(-c3cc(Cl)c(F)cc3F)c(Cl)cc3c(N4CCN(C(C)=O)CC4)nc(=O)n(c23)C1. The number of anilines is 1. The Balaban J connectivity index is 1.77. The minimum absolute atomic E-state index is 0.00857. The summed E-state index contributed by atoms with van der Waals surface area (Å²) < 4.78 is 36.0. The molecule has 36 heavy (non-hydrogen) atoms. The molecule has 0 radical (unpaired) electrons. The number of halogens is 4. The van der Waals surface area contributed by atoms with E-state index in [0.717, 1.165) is 6.07 Å². The fraction of sp³-hybridized carbons (Fsp3) is 0.375. The fourth-order valence-electron chi connectivity index (χ4n) is 4.69. The molecule has 0 spiro atoms. The molecule has 1 atom stereocenters. The molecule has 7 nitrogen and oxygen atoms in total. The summed E-state index contributed by atoms with van der Waals surface area (Å²) in [7, 11) is 1.56. The van der Waals surface area contributed by atoms with Crippen molar-refractivity contribution in [3.8, 4) is 11.1 Å². The summed E-state index contributed by atoms with van der Waals surface area (Å²) in [5, 5.41) is 0.616. The molecule has 1 amide bonds. The second-order valence-electron chi connectivity index (χ2n) is 8.70. The maximum atomic E-state index is 15.0. The van der Waals surface area contributed by atoms with Gasteiger partial charge in [-0.15, -0.1) is 11.8 Å². The number of hydrogen-bond donors (Lipinski definition) is 0. The highest BCUT2D eigenvalue weighted by Gasteiger charge is 2.30. The molecule has 3 heterocycles. The Bertz CT molecular complexity index is 1440. The lowest BCUT2D eigenvalue weighted by Gasteiger charge is -2.35. The van der Waals surface area contributed by atoms with Crippen LogP contribution in [0.3, 0.4) is 0 Å². The highest BCUT2D eigenvalue weighted by molar-refractivity contribution is 7.99. The monoisotopic (exact) mass is 554 g/mol. The Hall–Kier alpha value is -2.40. The van der Waals surface area contributed by atoms with E-state index in [9.17, 15) is 14.0 Å². The highest BCUT2D eigenvalue weighted by Crippen LogP contribution is 2.46. The van der Waals surface area contributed by atoms with Crippen molar-refractivity contribution in [1.82, 2.24) is 14.5 Å². The molecule has 5 rings (SSSR count). The first-order chi connectivity index (χ1) is 17.2. The average Bonchev–Trinajstić information content (AvgIpc) is 3.05. The van der Waals surface area contributed by atoms with Crippen LogP contribution in [-0.4, -0.2) is 65.5 Å². The lowest BCUT2D eigenvalue weighted by atomic mass is 10.0. The minimum Gasteiger partial charge on any atom is -0.379 e. The molecule has 0 saturated carbocycles. The molecule has 0 N–H and O–H groups in total. The maximum absolute atomic E-state index is 15.0. The standard InChI is InChI=1S/C24H22Cl2F2N4O3S/c1-12(33)30-3-5-31(6-4-30)23-15-8-17(26)20(14-7-16(25)19(28)9-18(14)27)22-21(15)32(24(34)29-23)10-13(35-2)11-36-22/h7-9,13H,3-6,10-11H2,1-2H3/t13-/m0/s1. The van der Waals surface area contributed by atoms with Gasteiger partial charge in [-0.2, -0.15) is 4.98 Å². The van der Waals surface area contributed by atoms with Crippen molar-refractivity contribution < 1.29 is 18.3 Å². The summed E-state index contributed by atoms with van der Waals surface area (Å²) >= 11 is 14.2. The summed E-state index contributed by atoms with van der Waals surface area (Å²) in [4.78, 5) is 33.8. The molecule has 1 fully saturated rings. The highest BCUT2D eigenvalue weighted by atomic mass is 35.5. The van der Waals surface area contributed by atoms with Crippen LogP contribution in [0.4, 0.5) is 14.6 Å². The van der Waals surface area contributed by atoms with Gasteiger partial charge >= 0.3 is 5.69 Å². The number of benzene rings is 2. The number of methoxy groups -OCH3 is 1. The minimum atomic E-state index is -0.874. The Morgan fingerprint density at radius 2 is 1.83 bits per heavy atom. The molecule has 12 heteroatoms. The molecule has 0 aliphatic carbocycles. The molecule has 2 aliphatic heterocycles. The van der Waals surface area contributed by atoms with E-state index in [1.165, 1.54) is 29.3 Å². The van der Waals surface area contributed by atoms with Crippen molar-refractivity contribution in [2.75, 3.05) is 43.9 Å². The number of carbonyl (C=O) groups excluding carboxylic acids is 1. The van der Waals surface area contributed by atoms with Gasteiger partial charge in [0.05, 0.1) is 28.2 Å². The maximum Gasteiger partial charge on any atom is 0.350 e. The average molecular weight is 555 g/mol. The topological polar surface area (TPSA) is 67.7 Å². The third-order valence-corrected chi connectivity index (χ3v) is 8.40. The molecule has 3 aromatic rings. The van der Waals surface area contributed by atoms with Crippen LogP contribution in [0, 0.1) is 11.6 Å². The predicted octanol–water partition coefficient (Wildman–Crippen LogP) is 4.44. The van der Waals surface area contributed by atoms with E-state index in [-0.39, 0.29) is 34.2 Å². The number of thioether (sulfide) groups is 1. The Morgan fingerprint density at radius 3 is 2.50 bits per heavy atom. The molecular formula is C24H22Cl2F2N4O3S. The summed E-state index contributed by atoms with van der Waals surface area (Å²) in [5.74, 6) is -0.764. The summed E-state index contributed by atoms with van der Waals surface area (Å²) in [6.07, 6.45) is -0.302. The lowest BCUT2D eigenvalue weighted by molar-refractivity contribution is -0.129. The Morgan fingerprint density at radius 1 is 1.11 bits per heavy atom. The number of piperazine rings is 1. The number of nitrogens with zero attached hydrogens (tertiary/aromatic N) is 4. The van der Waals surface area contributed by atoms with Gasteiger partial charge < -0.3 is 14.5 Å². The van der Waals surface area contributed by atoms with Crippen LogP contribution in [0.15, 0.2) is 27.9 Å². The van der Waals surface area contributed by atoms with Crippen molar-refractivity contribution in [3.63, 3.8) is 0 Å². The first-order valence-electron chi connectivity index (χ1n) is 11.3.